The summed E-state index contributed by atoms with van der Waals surface area (Å²) in [6, 6.07) is 0.268. The molecule has 0 aromatic carbocycles. The van der Waals surface area contributed by atoms with Gasteiger partial charge < -0.3 is 0 Å². The number of likely N-dealkylation sites (tertiary alicyclic amines) is 1. The van der Waals surface area contributed by atoms with Crippen LogP contribution in [-0.4, -0.2) is 40.7 Å². The summed E-state index contributed by atoms with van der Waals surface area (Å²) >= 11 is 2.24. The summed E-state index contributed by atoms with van der Waals surface area (Å²) in [7, 11) is 0. The minimum absolute atomic E-state index is 0.118. The summed E-state index contributed by atoms with van der Waals surface area (Å²) in [4.78, 5) is 1.75. The third-order valence-electron chi connectivity index (χ3n) is 2.58. The van der Waals surface area contributed by atoms with E-state index in [2.05, 4.69) is 27.7 Å². The van der Waals surface area contributed by atoms with Crippen molar-refractivity contribution in [3.05, 3.63) is 15.5 Å². The molecule has 1 aromatic rings. The van der Waals surface area contributed by atoms with Gasteiger partial charge in [-0.25, -0.2) is 8.78 Å². The minimum Gasteiger partial charge on any atom is -0.293 e. The molecule has 84 valence electrons. The van der Waals surface area contributed by atoms with Gasteiger partial charge in [0.2, 0.25) is 0 Å². The second-order valence-corrected chi connectivity index (χ2v) is 4.85. The van der Waals surface area contributed by atoms with Gasteiger partial charge in [0, 0.05) is 18.7 Å². The molecule has 0 radical (unpaired) electrons. The summed E-state index contributed by atoms with van der Waals surface area (Å²) in [6.07, 6.45) is -0.415. The predicted octanol–water partition coefficient (Wildman–Crippen LogP) is 1.92. The van der Waals surface area contributed by atoms with Crippen molar-refractivity contribution in [2.45, 2.75) is 19.4 Å². The molecule has 1 aliphatic rings. The Hall–Kier alpha value is -0.240. The second-order valence-electron chi connectivity index (χ2n) is 3.83. The van der Waals surface area contributed by atoms with E-state index < -0.39 is 6.43 Å². The number of alkyl halides is 2. The van der Waals surface area contributed by atoms with Crippen LogP contribution >= 0.6 is 22.6 Å². The Bertz CT molecular complexity index is 347. The number of hydrogen-bond acceptors (Lipinski definition) is 2. The number of rotatable bonds is 3. The van der Waals surface area contributed by atoms with Crippen LogP contribution in [0.3, 0.4) is 0 Å². The molecule has 1 saturated heterocycles. The number of aromatic nitrogens is 2. The molecule has 1 aliphatic heterocycles. The average Bonchev–Trinajstić information content (AvgIpc) is 2.40. The summed E-state index contributed by atoms with van der Waals surface area (Å²) < 4.78 is 27.1. The summed E-state index contributed by atoms with van der Waals surface area (Å²) in [5.41, 5.74) is 1.14. The Morgan fingerprint density at radius 2 is 2.27 bits per heavy atom. The van der Waals surface area contributed by atoms with Crippen molar-refractivity contribution in [2.24, 2.45) is 0 Å². The fraction of sp³-hybridized carbons (Fsp3) is 0.667. The lowest BCUT2D eigenvalue weighted by atomic mass is 10.1. The van der Waals surface area contributed by atoms with E-state index in [0.29, 0.717) is 13.1 Å². The predicted molar refractivity (Wildman–Crippen MR) is 61.2 cm³/mol. The van der Waals surface area contributed by atoms with E-state index >= 15 is 0 Å². The van der Waals surface area contributed by atoms with Crippen LogP contribution in [0.2, 0.25) is 0 Å². The lowest BCUT2D eigenvalue weighted by Gasteiger charge is -2.39. The van der Waals surface area contributed by atoms with Crippen molar-refractivity contribution in [1.82, 2.24) is 14.7 Å². The first kappa shape index (κ1) is 11.3. The first-order valence-electron chi connectivity index (χ1n) is 4.78. The molecule has 15 heavy (non-hydrogen) atoms. The van der Waals surface area contributed by atoms with Crippen LogP contribution in [0, 0.1) is 10.6 Å². The van der Waals surface area contributed by atoms with Gasteiger partial charge in [-0.15, -0.1) is 0 Å². The Morgan fingerprint density at radius 1 is 1.60 bits per heavy atom. The highest BCUT2D eigenvalue weighted by molar-refractivity contribution is 14.1. The first-order chi connectivity index (χ1) is 7.08. The maximum absolute atomic E-state index is 12.1. The number of aryl methyl sites for hydroxylation is 1. The Kier molecular flexibility index (Phi) is 3.24. The number of hydrogen-bond donors (Lipinski definition) is 0. The molecular weight excluding hydrogens is 315 g/mol. The van der Waals surface area contributed by atoms with Gasteiger partial charge in [-0.3, -0.25) is 9.58 Å². The van der Waals surface area contributed by atoms with E-state index in [9.17, 15) is 8.78 Å². The monoisotopic (exact) mass is 327 g/mol. The van der Waals surface area contributed by atoms with Crippen LogP contribution in [0.15, 0.2) is 6.20 Å². The molecule has 0 saturated carbocycles. The van der Waals surface area contributed by atoms with E-state index in [-0.39, 0.29) is 12.6 Å². The standard InChI is InChI=1S/C9H12F2IN3/c1-6-2-13-15(9(6)12)7-3-14(4-7)5-8(10)11/h2,7-8H,3-5H2,1H3. The van der Waals surface area contributed by atoms with Gasteiger partial charge in [-0.2, -0.15) is 5.10 Å². The Balaban J connectivity index is 1.92. The first-order valence-corrected chi connectivity index (χ1v) is 5.86. The molecule has 0 spiro atoms. The molecule has 6 heteroatoms. The van der Waals surface area contributed by atoms with Crippen LogP contribution in [0.4, 0.5) is 8.78 Å². The van der Waals surface area contributed by atoms with Crippen LogP contribution in [0.5, 0.6) is 0 Å². The normalized spacial score (nSPS) is 18.5. The lowest BCUT2D eigenvalue weighted by Crippen LogP contribution is -2.50. The molecule has 1 aromatic heterocycles. The average molecular weight is 327 g/mol. The van der Waals surface area contributed by atoms with Gasteiger partial charge in [0.1, 0.15) is 3.70 Å². The Morgan fingerprint density at radius 3 is 2.73 bits per heavy atom. The smallest absolute Gasteiger partial charge is 0.251 e. The summed E-state index contributed by atoms with van der Waals surface area (Å²) in [5, 5.41) is 4.25. The van der Waals surface area contributed by atoms with E-state index in [1.807, 2.05) is 17.8 Å². The highest BCUT2D eigenvalue weighted by Crippen LogP contribution is 2.24. The van der Waals surface area contributed by atoms with E-state index in [4.69, 9.17) is 0 Å². The van der Waals surface area contributed by atoms with Crippen molar-refractivity contribution < 1.29 is 8.78 Å². The summed E-state index contributed by atoms with van der Waals surface area (Å²) in [5.74, 6) is 0. The van der Waals surface area contributed by atoms with Gasteiger partial charge in [-0.1, -0.05) is 0 Å². The zero-order valence-electron chi connectivity index (χ0n) is 8.33. The minimum atomic E-state index is -2.23. The largest absolute Gasteiger partial charge is 0.293 e. The van der Waals surface area contributed by atoms with Crippen molar-refractivity contribution in [1.29, 1.82) is 0 Å². The third kappa shape index (κ3) is 2.30. The maximum Gasteiger partial charge on any atom is 0.251 e. The highest BCUT2D eigenvalue weighted by atomic mass is 127. The SMILES string of the molecule is Cc1cnn(C2CN(CC(F)F)C2)c1I. The van der Waals surface area contributed by atoms with Crippen LogP contribution < -0.4 is 0 Å². The quantitative estimate of drug-likeness (QED) is 0.791. The molecule has 0 unspecified atom stereocenters. The molecule has 0 bridgehead atoms. The molecule has 2 heterocycles. The van der Waals surface area contributed by atoms with Gasteiger partial charge >= 0.3 is 0 Å². The molecule has 3 nitrogen and oxygen atoms in total. The van der Waals surface area contributed by atoms with Gasteiger partial charge in [-0.05, 0) is 29.5 Å². The Labute approximate surface area is 101 Å². The van der Waals surface area contributed by atoms with Crippen molar-refractivity contribution in [3.63, 3.8) is 0 Å². The lowest BCUT2D eigenvalue weighted by molar-refractivity contribution is 0.0251. The number of nitrogens with zero attached hydrogens (tertiary/aromatic N) is 3. The van der Waals surface area contributed by atoms with E-state index in [0.717, 1.165) is 9.26 Å². The zero-order chi connectivity index (χ0) is 11.0. The van der Waals surface area contributed by atoms with Crippen LogP contribution in [-0.2, 0) is 0 Å². The molecule has 1 fully saturated rings. The fourth-order valence-electron chi connectivity index (χ4n) is 1.73. The van der Waals surface area contributed by atoms with Crippen molar-refractivity contribution >= 4 is 22.6 Å². The molecule has 0 N–H and O–H groups in total. The van der Waals surface area contributed by atoms with Gasteiger partial charge in [0.25, 0.3) is 6.43 Å². The fourth-order valence-corrected chi connectivity index (χ4v) is 2.39. The zero-order valence-corrected chi connectivity index (χ0v) is 10.5. The number of halogens is 3. The van der Waals surface area contributed by atoms with Crippen LogP contribution in [0.1, 0.15) is 11.6 Å². The van der Waals surface area contributed by atoms with Crippen molar-refractivity contribution in [3.8, 4) is 0 Å². The maximum atomic E-state index is 12.1. The molecule has 0 aliphatic carbocycles. The molecule has 0 amide bonds. The van der Waals surface area contributed by atoms with Gasteiger partial charge in [0.15, 0.2) is 0 Å². The third-order valence-corrected chi connectivity index (χ3v) is 3.93. The van der Waals surface area contributed by atoms with Crippen molar-refractivity contribution in [2.75, 3.05) is 19.6 Å². The second kappa shape index (κ2) is 4.32. The summed E-state index contributed by atoms with van der Waals surface area (Å²) in [6.45, 7) is 3.25. The van der Waals surface area contributed by atoms with Crippen LogP contribution in [0.25, 0.3) is 0 Å². The van der Waals surface area contributed by atoms with Gasteiger partial charge in [0.05, 0.1) is 18.8 Å². The highest BCUT2D eigenvalue weighted by Gasteiger charge is 2.31. The topological polar surface area (TPSA) is 21.1 Å². The molecular formula is C9H12F2IN3. The van der Waals surface area contributed by atoms with E-state index in [1.165, 1.54) is 0 Å². The van der Waals surface area contributed by atoms with E-state index in [1.54, 1.807) is 4.90 Å². The molecule has 2 rings (SSSR count). The molecule has 0 atom stereocenters.